The molecule has 0 aliphatic rings. The number of carbonyl (C=O) groups excluding carboxylic acids is 1. The monoisotopic (exact) mass is 299 g/mol. The van der Waals surface area contributed by atoms with Crippen LogP contribution in [0.25, 0.3) is 10.9 Å². The number of methoxy groups -OCH3 is 1. The third-order valence-electron chi connectivity index (χ3n) is 2.47. The summed E-state index contributed by atoms with van der Waals surface area (Å²) < 4.78 is 4.63. The molecule has 2 rings (SSSR count). The molecule has 3 nitrogen and oxygen atoms in total. The van der Waals surface area contributed by atoms with E-state index in [0.717, 1.165) is 11.1 Å². The highest BCUT2D eigenvalue weighted by atomic mass is 35.5. The number of hydrogen-bond donors (Lipinski definition) is 0. The second-order valence-corrected chi connectivity index (χ2v) is 4.39. The SMILES string of the molecule is CC.COC(=O)c1cnc2c(C)cc(Cl)c(Cl)c2c1. The van der Waals surface area contributed by atoms with Crippen molar-refractivity contribution < 1.29 is 9.53 Å². The molecule has 1 aromatic heterocycles. The Labute approximate surface area is 122 Å². The first kappa shape index (κ1) is 15.7. The molecule has 2 aromatic rings. The fourth-order valence-corrected chi connectivity index (χ4v) is 2.09. The maximum absolute atomic E-state index is 11.4. The van der Waals surface area contributed by atoms with Crippen molar-refractivity contribution in [3.63, 3.8) is 0 Å². The Morgan fingerprint density at radius 2 is 1.89 bits per heavy atom. The molecular weight excluding hydrogens is 285 g/mol. The van der Waals surface area contributed by atoms with Crippen LogP contribution in [0.3, 0.4) is 0 Å². The van der Waals surface area contributed by atoms with Crippen molar-refractivity contribution in [2.24, 2.45) is 0 Å². The van der Waals surface area contributed by atoms with Crippen molar-refractivity contribution in [2.45, 2.75) is 20.8 Å². The number of aryl methyl sites for hydroxylation is 1. The fourth-order valence-electron chi connectivity index (χ4n) is 1.63. The Morgan fingerprint density at radius 3 is 2.47 bits per heavy atom. The lowest BCUT2D eigenvalue weighted by Gasteiger charge is -2.07. The minimum Gasteiger partial charge on any atom is -0.465 e. The lowest BCUT2D eigenvalue weighted by atomic mass is 10.1. The van der Waals surface area contributed by atoms with E-state index in [0.29, 0.717) is 21.0 Å². The van der Waals surface area contributed by atoms with Gasteiger partial charge in [0.05, 0.1) is 28.2 Å². The zero-order valence-corrected chi connectivity index (χ0v) is 12.8. The third kappa shape index (κ3) is 3.17. The maximum Gasteiger partial charge on any atom is 0.339 e. The van der Waals surface area contributed by atoms with Crippen LogP contribution in [0.15, 0.2) is 18.3 Å². The molecule has 0 radical (unpaired) electrons. The third-order valence-corrected chi connectivity index (χ3v) is 3.27. The van der Waals surface area contributed by atoms with Crippen LogP contribution in [0, 0.1) is 6.92 Å². The van der Waals surface area contributed by atoms with Crippen molar-refractivity contribution in [1.82, 2.24) is 4.98 Å². The summed E-state index contributed by atoms with van der Waals surface area (Å²) in [6, 6.07) is 3.38. The predicted octanol–water partition coefficient (Wildman–Crippen LogP) is 4.66. The number of carbonyl (C=O) groups is 1. The van der Waals surface area contributed by atoms with Gasteiger partial charge in [-0.1, -0.05) is 37.0 Å². The Morgan fingerprint density at radius 1 is 1.26 bits per heavy atom. The van der Waals surface area contributed by atoms with Gasteiger partial charge in [-0.05, 0) is 24.6 Å². The second kappa shape index (κ2) is 6.73. The molecule has 0 saturated heterocycles. The van der Waals surface area contributed by atoms with E-state index in [1.807, 2.05) is 20.8 Å². The van der Waals surface area contributed by atoms with Crippen LogP contribution in [0.5, 0.6) is 0 Å². The first-order chi connectivity index (χ1) is 9.04. The smallest absolute Gasteiger partial charge is 0.339 e. The molecule has 102 valence electrons. The van der Waals surface area contributed by atoms with Crippen LogP contribution < -0.4 is 0 Å². The standard InChI is InChI=1S/C12H9Cl2NO2.C2H6/c1-6-3-9(13)10(14)8-4-7(12(16)17-2)5-15-11(6)8;1-2/h3-5H,1-2H3;1-2H3. The van der Waals surface area contributed by atoms with Gasteiger partial charge in [-0.3, -0.25) is 4.98 Å². The predicted molar refractivity (Wildman–Crippen MR) is 79.2 cm³/mol. The van der Waals surface area contributed by atoms with Crippen molar-refractivity contribution in [1.29, 1.82) is 0 Å². The quantitative estimate of drug-likeness (QED) is 0.719. The molecule has 0 bridgehead atoms. The molecule has 0 saturated carbocycles. The minimum atomic E-state index is -0.451. The molecule has 0 fully saturated rings. The number of esters is 1. The Hall–Kier alpha value is -1.32. The van der Waals surface area contributed by atoms with Crippen LogP contribution in [0.1, 0.15) is 29.8 Å². The highest BCUT2D eigenvalue weighted by molar-refractivity contribution is 6.45. The summed E-state index contributed by atoms with van der Waals surface area (Å²) >= 11 is 12.1. The van der Waals surface area contributed by atoms with Crippen LogP contribution >= 0.6 is 23.2 Å². The van der Waals surface area contributed by atoms with Gasteiger partial charge in [0, 0.05) is 11.6 Å². The number of rotatable bonds is 1. The van der Waals surface area contributed by atoms with Gasteiger partial charge in [0.1, 0.15) is 0 Å². The molecule has 0 amide bonds. The number of halogens is 2. The summed E-state index contributed by atoms with van der Waals surface area (Å²) in [6.45, 7) is 5.88. The number of benzene rings is 1. The largest absolute Gasteiger partial charge is 0.465 e. The van der Waals surface area contributed by atoms with Gasteiger partial charge < -0.3 is 4.74 Å². The lowest BCUT2D eigenvalue weighted by molar-refractivity contribution is 0.0600. The molecule has 0 N–H and O–H groups in total. The average molecular weight is 300 g/mol. The number of hydrogen-bond acceptors (Lipinski definition) is 3. The zero-order valence-electron chi connectivity index (χ0n) is 11.3. The van der Waals surface area contributed by atoms with Gasteiger partial charge in [0.2, 0.25) is 0 Å². The highest BCUT2D eigenvalue weighted by Crippen LogP contribution is 2.32. The van der Waals surface area contributed by atoms with Gasteiger partial charge in [-0.2, -0.15) is 0 Å². The number of fused-ring (bicyclic) bond motifs is 1. The summed E-state index contributed by atoms with van der Waals surface area (Å²) in [5.74, 6) is -0.451. The van der Waals surface area contributed by atoms with Gasteiger partial charge in [-0.15, -0.1) is 0 Å². The summed E-state index contributed by atoms with van der Waals surface area (Å²) in [4.78, 5) is 15.6. The molecule has 0 atom stereocenters. The molecule has 0 spiro atoms. The Bertz CT molecular complexity index is 612. The van der Waals surface area contributed by atoms with E-state index in [1.165, 1.54) is 13.3 Å². The summed E-state index contributed by atoms with van der Waals surface area (Å²) in [5.41, 5.74) is 1.99. The van der Waals surface area contributed by atoms with E-state index in [1.54, 1.807) is 12.1 Å². The van der Waals surface area contributed by atoms with E-state index >= 15 is 0 Å². The Balaban J connectivity index is 0.000000861. The average Bonchev–Trinajstić information content (AvgIpc) is 2.45. The normalized spacial score (nSPS) is 9.79. The van der Waals surface area contributed by atoms with E-state index in [-0.39, 0.29) is 0 Å². The zero-order chi connectivity index (χ0) is 14.6. The van der Waals surface area contributed by atoms with Crippen molar-refractivity contribution >= 4 is 40.1 Å². The first-order valence-electron chi connectivity index (χ1n) is 5.87. The molecule has 1 heterocycles. The van der Waals surface area contributed by atoms with Gasteiger partial charge in [0.15, 0.2) is 0 Å². The van der Waals surface area contributed by atoms with Crippen LogP contribution in [0.2, 0.25) is 10.0 Å². The van der Waals surface area contributed by atoms with E-state index in [2.05, 4.69) is 9.72 Å². The van der Waals surface area contributed by atoms with Crippen LogP contribution in [-0.4, -0.2) is 18.1 Å². The lowest BCUT2D eigenvalue weighted by Crippen LogP contribution is -2.02. The maximum atomic E-state index is 11.4. The number of aromatic nitrogens is 1. The van der Waals surface area contributed by atoms with E-state index < -0.39 is 5.97 Å². The van der Waals surface area contributed by atoms with Crippen molar-refractivity contribution in [2.75, 3.05) is 7.11 Å². The summed E-state index contributed by atoms with van der Waals surface area (Å²) in [5, 5.41) is 1.49. The molecule has 0 aliphatic carbocycles. The van der Waals surface area contributed by atoms with E-state index in [4.69, 9.17) is 23.2 Å². The highest BCUT2D eigenvalue weighted by Gasteiger charge is 2.12. The number of pyridine rings is 1. The van der Waals surface area contributed by atoms with Gasteiger partial charge in [0.25, 0.3) is 0 Å². The van der Waals surface area contributed by atoms with Gasteiger partial charge in [-0.25, -0.2) is 4.79 Å². The topological polar surface area (TPSA) is 39.2 Å². The fraction of sp³-hybridized carbons (Fsp3) is 0.286. The van der Waals surface area contributed by atoms with Crippen LogP contribution in [-0.2, 0) is 4.74 Å². The van der Waals surface area contributed by atoms with Gasteiger partial charge >= 0.3 is 5.97 Å². The first-order valence-corrected chi connectivity index (χ1v) is 6.63. The summed E-state index contributed by atoms with van der Waals surface area (Å²) in [7, 11) is 1.32. The van der Waals surface area contributed by atoms with Crippen LogP contribution in [0.4, 0.5) is 0 Å². The Kier molecular flexibility index (Phi) is 5.58. The number of ether oxygens (including phenoxy) is 1. The molecule has 5 heteroatoms. The van der Waals surface area contributed by atoms with E-state index in [9.17, 15) is 4.79 Å². The molecule has 19 heavy (non-hydrogen) atoms. The van der Waals surface area contributed by atoms with Crippen molar-refractivity contribution in [3.8, 4) is 0 Å². The summed E-state index contributed by atoms with van der Waals surface area (Å²) in [6.07, 6.45) is 1.46. The molecule has 0 aliphatic heterocycles. The second-order valence-electron chi connectivity index (χ2n) is 3.60. The number of nitrogens with zero attached hydrogens (tertiary/aromatic N) is 1. The van der Waals surface area contributed by atoms with Crippen molar-refractivity contribution in [3.05, 3.63) is 39.5 Å². The minimum absolute atomic E-state index is 0.351. The molecule has 0 unspecified atom stereocenters. The molecular formula is C14H15Cl2NO2. The molecule has 1 aromatic carbocycles.